The van der Waals surface area contributed by atoms with Crippen molar-refractivity contribution < 1.29 is 19.1 Å². The molecular formula is C35H43N3O4. The van der Waals surface area contributed by atoms with E-state index in [1.165, 1.54) is 0 Å². The molecule has 0 fully saturated rings. The lowest BCUT2D eigenvalue weighted by molar-refractivity contribution is -0.132. The lowest BCUT2D eigenvalue weighted by Gasteiger charge is -2.30. The lowest BCUT2D eigenvalue weighted by atomic mass is 9.86. The summed E-state index contributed by atoms with van der Waals surface area (Å²) in [6.45, 7) is 11.2. The first kappa shape index (κ1) is 30.7. The molecule has 0 saturated heterocycles. The summed E-state index contributed by atoms with van der Waals surface area (Å²) in [4.78, 5) is 34.4. The summed E-state index contributed by atoms with van der Waals surface area (Å²) in [6, 6.07) is 21.4. The van der Waals surface area contributed by atoms with Crippen molar-refractivity contribution >= 4 is 22.7 Å². The summed E-state index contributed by atoms with van der Waals surface area (Å²) < 4.78 is 10.9. The first-order valence-electron chi connectivity index (χ1n) is 14.5. The van der Waals surface area contributed by atoms with Gasteiger partial charge in [-0.25, -0.2) is 0 Å². The van der Waals surface area contributed by atoms with Crippen LogP contribution in [-0.2, 0) is 23.2 Å². The summed E-state index contributed by atoms with van der Waals surface area (Å²) in [6.07, 6.45) is 2.68. The topological polar surface area (TPSA) is 74.9 Å². The number of nitrogens with zero attached hydrogens (tertiary/aromatic N) is 2. The Balaban J connectivity index is 1.58. The monoisotopic (exact) mass is 569 g/mol. The van der Waals surface area contributed by atoms with E-state index >= 15 is 0 Å². The number of rotatable bonds is 11. The number of aromatic nitrogens is 1. The van der Waals surface area contributed by atoms with Gasteiger partial charge >= 0.3 is 0 Å². The third kappa shape index (κ3) is 7.14. The van der Waals surface area contributed by atoms with Crippen LogP contribution in [0.4, 0.5) is 0 Å². The zero-order valence-corrected chi connectivity index (χ0v) is 25.9. The molecule has 0 radical (unpaired) electrons. The Kier molecular flexibility index (Phi) is 9.61. The predicted molar refractivity (Wildman–Crippen MR) is 168 cm³/mol. The van der Waals surface area contributed by atoms with Gasteiger partial charge in [0.15, 0.2) is 11.5 Å². The van der Waals surface area contributed by atoms with Crippen LogP contribution in [0.25, 0.3) is 10.9 Å². The van der Waals surface area contributed by atoms with Gasteiger partial charge in [0.1, 0.15) is 6.54 Å². The van der Waals surface area contributed by atoms with Gasteiger partial charge in [0.25, 0.3) is 5.91 Å². The van der Waals surface area contributed by atoms with Crippen LogP contribution < -0.4 is 9.47 Å². The molecule has 1 N–H and O–H groups in total. The van der Waals surface area contributed by atoms with E-state index in [-0.39, 0.29) is 29.8 Å². The largest absolute Gasteiger partial charge is 0.493 e. The van der Waals surface area contributed by atoms with Crippen LogP contribution in [0.2, 0.25) is 0 Å². The van der Waals surface area contributed by atoms with Gasteiger partial charge in [0.05, 0.1) is 14.2 Å². The highest BCUT2D eigenvalue weighted by molar-refractivity contribution is 5.96. The molecule has 0 atom stereocenters. The molecule has 4 rings (SSSR count). The molecule has 0 saturated carbocycles. The fourth-order valence-corrected chi connectivity index (χ4v) is 5.10. The van der Waals surface area contributed by atoms with Crippen molar-refractivity contribution in [2.75, 3.05) is 27.3 Å². The fraction of sp³-hybridized carbons (Fsp3) is 0.371. The molecule has 0 unspecified atom stereocenters. The molecule has 222 valence electrons. The number of carbonyl (C=O) groups is 2. The van der Waals surface area contributed by atoms with Gasteiger partial charge in [-0.05, 0) is 72.7 Å². The number of benzene rings is 3. The van der Waals surface area contributed by atoms with E-state index in [0.29, 0.717) is 36.6 Å². The summed E-state index contributed by atoms with van der Waals surface area (Å²) >= 11 is 0. The van der Waals surface area contributed by atoms with Crippen molar-refractivity contribution in [3.63, 3.8) is 0 Å². The third-order valence-electron chi connectivity index (χ3n) is 7.69. The number of amides is 2. The Hall–Kier alpha value is -4.26. The van der Waals surface area contributed by atoms with Gasteiger partial charge in [0, 0.05) is 41.8 Å². The minimum atomic E-state index is -0.153. The Morgan fingerprint density at radius 1 is 0.905 bits per heavy atom. The van der Waals surface area contributed by atoms with Crippen LogP contribution in [0.3, 0.4) is 0 Å². The quantitative estimate of drug-likeness (QED) is 0.221. The highest BCUT2D eigenvalue weighted by Gasteiger charge is 2.26. The van der Waals surface area contributed by atoms with Gasteiger partial charge in [-0.2, -0.15) is 0 Å². The summed E-state index contributed by atoms with van der Waals surface area (Å²) in [5.41, 5.74) is 4.86. The zero-order valence-electron chi connectivity index (χ0n) is 25.9. The standard InChI is InChI=1S/C35H43N3O4/c1-24(2)38(34(40)26-13-15-28(16-14-26)35(3,4)5)23-33(39)37(22-25-12-17-31(41-6)32(20-25)42-7)19-18-27-21-36-30-11-9-8-10-29(27)30/h8-17,20-21,24,36H,18-19,22-23H2,1-7H3. The Morgan fingerprint density at radius 2 is 1.60 bits per heavy atom. The number of aromatic amines is 1. The normalized spacial score (nSPS) is 11.5. The van der Waals surface area contributed by atoms with Crippen LogP contribution in [0.15, 0.2) is 72.9 Å². The number of methoxy groups -OCH3 is 2. The molecule has 0 spiro atoms. The van der Waals surface area contributed by atoms with Gasteiger partial charge in [-0.15, -0.1) is 0 Å². The average Bonchev–Trinajstić information content (AvgIpc) is 3.39. The SMILES string of the molecule is COc1ccc(CN(CCc2c[nH]c3ccccc23)C(=O)CN(C(=O)c2ccc(C(C)(C)C)cc2)C(C)C)cc1OC. The summed E-state index contributed by atoms with van der Waals surface area (Å²) in [5, 5.41) is 1.15. The van der Waals surface area contributed by atoms with E-state index in [9.17, 15) is 9.59 Å². The average molecular weight is 570 g/mol. The first-order valence-corrected chi connectivity index (χ1v) is 14.5. The second-order valence-corrected chi connectivity index (χ2v) is 12.0. The molecule has 1 heterocycles. The van der Waals surface area contributed by atoms with Crippen LogP contribution in [-0.4, -0.2) is 59.9 Å². The van der Waals surface area contributed by atoms with Crippen molar-refractivity contribution in [1.82, 2.24) is 14.8 Å². The number of carbonyl (C=O) groups excluding carboxylic acids is 2. The Bertz CT molecular complexity index is 1520. The number of H-pyrrole nitrogens is 1. The minimum absolute atomic E-state index is 0.00922. The van der Waals surface area contributed by atoms with Gasteiger partial charge in [-0.3, -0.25) is 9.59 Å². The maximum Gasteiger partial charge on any atom is 0.254 e. The summed E-state index contributed by atoms with van der Waals surface area (Å²) in [7, 11) is 3.20. The molecule has 7 nitrogen and oxygen atoms in total. The molecule has 42 heavy (non-hydrogen) atoms. The summed E-state index contributed by atoms with van der Waals surface area (Å²) in [5.74, 6) is 0.975. The van der Waals surface area contributed by atoms with E-state index in [2.05, 4.69) is 31.8 Å². The highest BCUT2D eigenvalue weighted by Crippen LogP contribution is 2.28. The molecule has 7 heteroatoms. The van der Waals surface area contributed by atoms with Crippen LogP contribution in [0.1, 0.15) is 61.7 Å². The number of ether oxygens (including phenoxy) is 2. The van der Waals surface area contributed by atoms with Gasteiger partial charge in [0.2, 0.25) is 5.91 Å². The van der Waals surface area contributed by atoms with E-state index < -0.39 is 0 Å². The van der Waals surface area contributed by atoms with Gasteiger partial charge < -0.3 is 24.3 Å². The highest BCUT2D eigenvalue weighted by atomic mass is 16.5. The van der Waals surface area contributed by atoms with Crippen LogP contribution in [0.5, 0.6) is 11.5 Å². The maximum atomic E-state index is 14.0. The molecule has 3 aromatic carbocycles. The van der Waals surface area contributed by atoms with Gasteiger partial charge in [-0.1, -0.05) is 57.2 Å². The van der Waals surface area contributed by atoms with Crippen molar-refractivity contribution in [1.29, 1.82) is 0 Å². The molecule has 0 aliphatic heterocycles. The molecular weight excluding hydrogens is 526 g/mol. The number of fused-ring (bicyclic) bond motifs is 1. The molecule has 2 amide bonds. The van der Waals surface area contributed by atoms with Crippen molar-refractivity contribution in [3.8, 4) is 11.5 Å². The number of hydrogen-bond acceptors (Lipinski definition) is 4. The molecule has 1 aromatic heterocycles. The van der Waals surface area contributed by atoms with Crippen molar-refractivity contribution in [2.24, 2.45) is 0 Å². The molecule has 0 aliphatic rings. The lowest BCUT2D eigenvalue weighted by Crippen LogP contribution is -2.46. The van der Waals surface area contributed by atoms with Crippen LogP contribution in [0, 0.1) is 0 Å². The maximum absolute atomic E-state index is 14.0. The first-order chi connectivity index (χ1) is 20.0. The number of nitrogens with one attached hydrogen (secondary N) is 1. The smallest absolute Gasteiger partial charge is 0.254 e. The third-order valence-corrected chi connectivity index (χ3v) is 7.69. The van der Waals surface area contributed by atoms with E-state index in [1.54, 1.807) is 19.1 Å². The second-order valence-electron chi connectivity index (χ2n) is 12.0. The second kappa shape index (κ2) is 13.1. The van der Waals surface area contributed by atoms with Crippen molar-refractivity contribution in [2.45, 2.75) is 59.0 Å². The zero-order chi connectivity index (χ0) is 30.4. The fourth-order valence-electron chi connectivity index (χ4n) is 5.10. The molecule has 0 bridgehead atoms. The number of para-hydroxylation sites is 1. The predicted octanol–water partition coefficient (Wildman–Crippen LogP) is 6.60. The van der Waals surface area contributed by atoms with Crippen molar-refractivity contribution in [3.05, 3.63) is 95.2 Å². The minimum Gasteiger partial charge on any atom is -0.493 e. The van der Waals surface area contributed by atoms with Crippen LogP contribution >= 0.6 is 0 Å². The Labute approximate surface area is 249 Å². The molecule has 0 aliphatic carbocycles. The Morgan fingerprint density at radius 3 is 2.24 bits per heavy atom. The van der Waals surface area contributed by atoms with E-state index in [0.717, 1.165) is 27.6 Å². The number of hydrogen-bond donors (Lipinski definition) is 1. The van der Waals surface area contributed by atoms with E-state index in [1.807, 2.05) is 85.6 Å². The van der Waals surface area contributed by atoms with E-state index in [4.69, 9.17) is 9.47 Å². The molecule has 4 aromatic rings.